The van der Waals surface area contributed by atoms with Crippen LogP contribution in [0.3, 0.4) is 0 Å². The number of anilines is 1. The van der Waals surface area contributed by atoms with Crippen LogP contribution >= 0.6 is 0 Å². The Labute approximate surface area is 170 Å². The van der Waals surface area contributed by atoms with Crippen molar-refractivity contribution in [1.29, 1.82) is 5.26 Å². The van der Waals surface area contributed by atoms with Crippen molar-refractivity contribution in [3.8, 4) is 6.07 Å². The standard InChI is InChI=1S/C23H20N2O3S/c1-17-7-13-23(14-8-17)29(27,28)25(16-21-6-4-3-5-20(21)15-24)22-11-9-19(10-12-22)18(2)26/h3-14H,16H2,1-2H3. The molecule has 0 aliphatic heterocycles. The van der Waals surface area contributed by atoms with E-state index < -0.39 is 10.0 Å². The number of aryl methyl sites for hydroxylation is 1. The van der Waals surface area contributed by atoms with Gasteiger partial charge in [0.15, 0.2) is 5.78 Å². The Morgan fingerprint density at radius 1 is 0.966 bits per heavy atom. The van der Waals surface area contributed by atoms with Crippen LogP contribution in [-0.2, 0) is 16.6 Å². The summed E-state index contributed by atoms with van der Waals surface area (Å²) in [5.74, 6) is -0.0979. The zero-order chi connectivity index (χ0) is 21.0. The van der Waals surface area contributed by atoms with Crippen molar-refractivity contribution < 1.29 is 13.2 Å². The molecule has 6 heteroatoms. The van der Waals surface area contributed by atoms with E-state index >= 15 is 0 Å². The summed E-state index contributed by atoms with van der Waals surface area (Å²) in [6.07, 6.45) is 0. The minimum absolute atomic E-state index is 0.000634. The summed E-state index contributed by atoms with van der Waals surface area (Å²) >= 11 is 0. The molecule has 146 valence electrons. The first-order valence-electron chi connectivity index (χ1n) is 9.01. The van der Waals surface area contributed by atoms with Gasteiger partial charge in [0.2, 0.25) is 0 Å². The fourth-order valence-electron chi connectivity index (χ4n) is 2.94. The van der Waals surface area contributed by atoms with Crippen LogP contribution in [0.2, 0.25) is 0 Å². The van der Waals surface area contributed by atoms with Gasteiger partial charge in [0.25, 0.3) is 10.0 Å². The third-order valence-corrected chi connectivity index (χ3v) is 6.41. The van der Waals surface area contributed by atoms with Crippen LogP contribution in [-0.4, -0.2) is 14.2 Å². The normalized spacial score (nSPS) is 10.9. The summed E-state index contributed by atoms with van der Waals surface area (Å²) < 4.78 is 28.1. The minimum Gasteiger partial charge on any atom is -0.295 e. The Kier molecular flexibility index (Phi) is 5.81. The summed E-state index contributed by atoms with van der Waals surface area (Å²) in [5.41, 5.74) is 2.89. The highest BCUT2D eigenvalue weighted by molar-refractivity contribution is 7.92. The van der Waals surface area contributed by atoms with E-state index in [4.69, 9.17) is 0 Å². The highest BCUT2D eigenvalue weighted by Gasteiger charge is 2.26. The van der Waals surface area contributed by atoms with E-state index in [0.29, 0.717) is 22.4 Å². The molecular formula is C23H20N2O3S. The molecule has 3 aromatic rings. The molecule has 0 bridgehead atoms. The van der Waals surface area contributed by atoms with Crippen LogP contribution in [0.25, 0.3) is 0 Å². The van der Waals surface area contributed by atoms with Gasteiger partial charge < -0.3 is 0 Å². The van der Waals surface area contributed by atoms with E-state index in [1.807, 2.05) is 6.92 Å². The van der Waals surface area contributed by atoms with Crippen molar-refractivity contribution in [3.63, 3.8) is 0 Å². The van der Waals surface area contributed by atoms with Gasteiger partial charge in [-0.3, -0.25) is 9.10 Å². The molecule has 0 atom stereocenters. The number of Topliss-reactive ketones (excluding diaryl/α,β-unsaturated/α-hetero) is 1. The molecule has 0 N–H and O–H groups in total. The second kappa shape index (κ2) is 8.29. The van der Waals surface area contributed by atoms with Crippen molar-refractivity contribution in [1.82, 2.24) is 0 Å². The van der Waals surface area contributed by atoms with E-state index in [9.17, 15) is 18.5 Å². The molecule has 0 aliphatic carbocycles. The Balaban J connectivity index is 2.11. The van der Waals surface area contributed by atoms with Crippen LogP contribution < -0.4 is 4.31 Å². The fourth-order valence-corrected chi connectivity index (χ4v) is 4.38. The van der Waals surface area contributed by atoms with Crippen molar-refractivity contribution >= 4 is 21.5 Å². The van der Waals surface area contributed by atoms with Gasteiger partial charge in [-0.2, -0.15) is 5.26 Å². The van der Waals surface area contributed by atoms with Gasteiger partial charge in [-0.1, -0.05) is 35.9 Å². The second-order valence-electron chi connectivity index (χ2n) is 6.70. The summed E-state index contributed by atoms with van der Waals surface area (Å²) in [5, 5.41) is 9.39. The largest absolute Gasteiger partial charge is 0.295 e. The lowest BCUT2D eigenvalue weighted by Gasteiger charge is -2.25. The van der Waals surface area contributed by atoms with Crippen LogP contribution in [0.1, 0.15) is 34.0 Å². The zero-order valence-corrected chi connectivity index (χ0v) is 17.0. The molecule has 0 aromatic heterocycles. The first-order valence-corrected chi connectivity index (χ1v) is 10.5. The number of carbonyl (C=O) groups excluding carboxylic acids is 1. The average Bonchev–Trinajstić information content (AvgIpc) is 2.72. The number of nitrogens with zero attached hydrogens (tertiary/aromatic N) is 2. The summed E-state index contributed by atoms with van der Waals surface area (Å²) in [6.45, 7) is 3.34. The summed E-state index contributed by atoms with van der Waals surface area (Å²) in [4.78, 5) is 11.7. The first-order chi connectivity index (χ1) is 13.8. The molecule has 0 unspecified atom stereocenters. The second-order valence-corrected chi connectivity index (χ2v) is 8.56. The molecule has 5 nitrogen and oxygen atoms in total. The Hall–Kier alpha value is -3.43. The van der Waals surface area contributed by atoms with Gasteiger partial charge in [0.05, 0.1) is 28.8 Å². The molecule has 0 heterocycles. The van der Waals surface area contributed by atoms with E-state index in [0.717, 1.165) is 5.56 Å². The first kappa shape index (κ1) is 20.3. The van der Waals surface area contributed by atoms with Gasteiger partial charge in [-0.25, -0.2) is 8.42 Å². The number of hydrogen-bond donors (Lipinski definition) is 0. The molecule has 0 radical (unpaired) electrons. The van der Waals surface area contributed by atoms with Gasteiger partial charge >= 0.3 is 0 Å². The zero-order valence-electron chi connectivity index (χ0n) is 16.2. The van der Waals surface area contributed by atoms with Crippen molar-refractivity contribution in [3.05, 3.63) is 95.1 Å². The maximum absolute atomic E-state index is 13.4. The maximum atomic E-state index is 13.4. The number of benzene rings is 3. The van der Waals surface area contributed by atoms with Crippen LogP contribution in [0.5, 0.6) is 0 Å². The van der Waals surface area contributed by atoms with Gasteiger partial charge in [0.1, 0.15) is 0 Å². The molecular weight excluding hydrogens is 384 g/mol. The van der Waals surface area contributed by atoms with Crippen molar-refractivity contribution in [2.75, 3.05) is 4.31 Å². The van der Waals surface area contributed by atoms with Crippen molar-refractivity contribution in [2.24, 2.45) is 0 Å². The van der Waals surface area contributed by atoms with Gasteiger partial charge in [-0.15, -0.1) is 0 Å². The smallest absolute Gasteiger partial charge is 0.264 e. The SMILES string of the molecule is CC(=O)c1ccc(N(Cc2ccccc2C#N)S(=O)(=O)c2ccc(C)cc2)cc1. The lowest BCUT2D eigenvalue weighted by molar-refractivity contribution is 0.101. The molecule has 0 aliphatic rings. The Morgan fingerprint density at radius 3 is 2.17 bits per heavy atom. The molecule has 0 saturated heterocycles. The predicted octanol–water partition coefficient (Wildman–Crippen LogP) is 4.46. The quantitative estimate of drug-likeness (QED) is 0.568. The number of carbonyl (C=O) groups is 1. The number of nitriles is 1. The number of hydrogen-bond acceptors (Lipinski definition) is 4. The molecule has 0 amide bonds. The number of sulfonamides is 1. The number of rotatable bonds is 6. The monoisotopic (exact) mass is 404 g/mol. The van der Waals surface area contributed by atoms with Crippen LogP contribution in [0, 0.1) is 18.3 Å². The highest BCUT2D eigenvalue weighted by atomic mass is 32.2. The van der Waals surface area contributed by atoms with Gasteiger partial charge in [0, 0.05) is 5.56 Å². The van der Waals surface area contributed by atoms with Crippen LogP contribution in [0.15, 0.2) is 77.7 Å². The summed E-state index contributed by atoms with van der Waals surface area (Å²) in [6, 6.07) is 22.1. The third-order valence-electron chi connectivity index (χ3n) is 4.62. The molecule has 0 spiro atoms. The molecule has 3 rings (SSSR count). The number of ketones is 1. The van der Waals surface area contributed by atoms with E-state index in [-0.39, 0.29) is 17.2 Å². The van der Waals surface area contributed by atoms with Crippen LogP contribution in [0.4, 0.5) is 5.69 Å². The van der Waals surface area contributed by atoms with E-state index in [2.05, 4.69) is 6.07 Å². The van der Waals surface area contributed by atoms with Gasteiger partial charge in [-0.05, 0) is 61.9 Å². The van der Waals surface area contributed by atoms with Crippen molar-refractivity contribution in [2.45, 2.75) is 25.3 Å². The molecule has 3 aromatic carbocycles. The third kappa shape index (κ3) is 4.36. The Bertz CT molecular complexity index is 1180. The summed E-state index contributed by atoms with van der Waals surface area (Å²) in [7, 11) is -3.89. The highest BCUT2D eigenvalue weighted by Crippen LogP contribution is 2.27. The minimum atomic E-state index is -3.89. The predicted molar refractivity (Wildman–Crippen MR) is 112 cm³/mol. The average molecular weight is 404 g/mol. The Morgan fingerprint density at radius 2 is 1.59 bits per heavy atom. The van der Waals surface area contributed by atoms with E-state index in [1.165, 1.54) is 11.2 Å². The molecule has 0 saturated carbocycles. The lowest BCUT2D eigenvalue weighted by Crippen LogP contribution is -2.31. The maximum Gasteiger partial charge on any atom is 0.264 e. The molecule has 29 heavy (non-hydrogen) atoms. The fraction of sp³-hybridized carbons (Fsp3) is 0.130. The topological polar surface area (TPSA) is 78.2 Å². The molecule has 0 fully saturated rings. The van der Waals surface area contributed by atoms with E-state index in [1.54, 1.807) is 72.8 Å². The lowest BCUT2D eigenvalue weighted by atomic mass is 10.1.